The number of ether oxygens (including phenoxy) is 1. The summed E-state index contributed by atoms with van der Waals surface area (Å²) in [7, 11) is 0. The van der Waals surface area contributed by atoms with Crippen LogP contribution in [-0.4, -0.2) is 25.0 Å². The molecule has 2 aliphatic rings. The quantitative estimate of drug-likeness (QED) is 0.633. The van der Waals surface area contributed by atoms with Gasteiger partial charge >= 0.3 is 0 Å². The normalized spacial score (nSPS) is 19.0. The number of carbonyl (C=O) groups is 2. The van der Waals surface area contributed by atoms with Gasteiger partial charge in [0.15, 0.2) is 0 Å². The van der Waals surface area contributed by atoms with Crippen LogP contribution in [0.5, 0.6) is 0 Å². The molecule has 2 atom stereocenters. The summed E-state index contributed by atoms with van der Waals surface area (Å²) >= 11 is 2.92. The fourth-order valence-electron chi connectivity index (χ4n) is 4.48. The molecule has 0 spiro atoms. The highest BCUT2D eigenvalue weighted by atomic mass is 32.1. The van der Waals surface area contributed by atoms with Gasteiger partial charge in [-0.1, -0.05) is 13.8 Å². The van der Waals surface area contributed by atoms with Crippen molar-refractivity contribution in [2.24, 2.45) is 11.8 Å². The van der Waals surface area contributed by atoms with Crippen LogP contribution in [-0.2, 0) is 40.0 Å². The highest BCUT2D eigenvalue weighted by Crippen LogP contribution is 2.40. The second kappa shape index (κ2) is 10.0. The van der Waals surface area contributed by atoms with E-state index in [1.54, 1.807) is 0 Å². The molecule has 7 nitrogen and oxygen atoms in total. The largest absolute Gasteiger partial charge is 0.362 e. The summed E-state index contributed by atoms with van der Waals surface area (Å²) in [6.45, 7) is 3.80. The van der Waals surface area contributed by atoms with Crippen molar-refractivity contribution in [3.63, 3.8) is 0 Å². The first-order valence-corrected chi connectivity index (χ1v) is 12.8. The van der Waals surface area contributed by atoms with E-state index in [1.165, 1.54) is 32.4 Å². The highest BCUT2D eigenvalue weighted by molar-refractivity contribution is 7.17. The summed E-state index contributed by atoms with van der Waals surface area (Å²) in [5, 5.41) is 25.8. The van der Waals surface area contributed by atoms with Gasteiger partial charge in [0.25, 0.3) is 11.8 Å². The van der Waals surface area contributed by atoms with E-state index < -0.39 is 11.8 Å². The average molecular weight is 483 g/mol. The standard InChI is InChI=1S/C24H26N4O3S2/c1-13-3-5-15-17(9-25)23(32-19(15)7-13)27-21(29)11-31-12-22(30)28-24-18(10-26)16-6-4-14(2)8-20(16)33-24/h13-14H,3-8,11-12H2,1-2H3,(H,27,29)(H,28,30)/t13-,14-/m0/s1. The van der Waals surface area contributed by atoms with E-state index in [2.05, 4.69) is 36.6 Å². The minimum atomic E-state index is -0.399. The van der Waals surface area contributed by atoms with Crippen molar-refractivity contribution in [2.45, 2.75) is 52.4 Å². The Morgan fingerprint density at radius 1 is 0.879 bits per heavy atom. The third kappa shape index (κ3) is 5.11. The van der Waals surface area contributed by atoms with Crippen molar-refractivity contribution in [2.75, 3.05) is 23.8 Å². The zero-order chi connectivity index (χ0) is 23.5. The van der Waals surface area contributed by atoms with Crippen molar-refractivity contribution in [1.29, 1.82) is 10.5 Å². The van der Waals surface area contributed by atoms with Gasteiger partial charge in [0.05, 0.1) is 11.1 Å². The smallest absolute Gasteiger partial charge is 0.251 e. The lowest BCUT2D eigenvalue weighted by Crippen LogP contribution is -2.24. The summed E-state index contributed by atoms with van der Waals surface area (Å²) in [5.41, 5.74) is 3.20. The van der Waals surface area contributed by atoms with Gasteiger partial charge in [0.2, 0.25) is 0 Å². The van der Waals surface area contributed by atoms with E-state index in [-0.39, 0.29) is 13.2 Å². The van der Waals surface area contributed by atoms with Crippen molar-refractivity contribution in [3.05, 3.63) is 32.0 Å². The predicted octanol–water partition coefficient (Wildman–Crippen LogP) is 4.40. The summed E-state index contributed by atoms with van der Waals surface area (Å²) in [6.07, 6.45) is 5.66. The number of rotatable bonds is 6. The van der Waals surface area contributed by atoms with Crippen LogP contribution >= 0.6 is 22.7 Å². The van der Waals surface area contributed by atoms with Gasteiger partial charge < -0.3 is 15.4 Å². The van der Waals surface area contributed by atoms with Crippen LogP contribution in [0.3, 0.4) is 0 Å². The predicted molar refractivity (Wildman–Crippen MR) is 129 cm³/mol. The molecule has 0 saturated carbocycles. The number of thiophene rings is 2. The van der Waals surface area contributed by atoms with Crippen LogP contribution in [0.4, 0.5) is 10.0 Å². The molecule has 0 saturated heterocycles. The maximum atomic E-state index is 12.3. The van der Waals surface area contributed by atoms with Gasteiger partial charge in [0.1, 0.15) is 35.4 Å². The van der Waals surface area contributed by atoms with E-state index in [9.17, 15) is 20.1 Å². The van der Waals surface area contributed by atoms with Crippen molar-refractivity contribution in [1.82, 2.24) is 0 Å². The Bertz CT molecular complexity index is 1080. The molecule has 0 radical (unpaired) electrons. The number of anilines is 2. The first kappa shape index (κ1) is 23.4. The average Bonchev–Trinajstić information content (AvgIpc) is 3.28. The number of nitrogens with zero attached hydrogens (tertiary/aromatic N) is 2. The van der Waals surface area contributed by atoms with Crippen LogP contribution in [0, 0.1) is 34.5 Å². The monoisotopic (exact) mass is 482 g/mol. The molecule has 0 fully saturated rings. The number of hydrogen-bond acceptors (Lipinski definition) is 7. The summed E-state index contributed by atoms with van der Waals surface area (Å²) in [6, 6.07) is 4.45. The molecule has 0 unspecified atom stereocenters. The molecule has 2 aromatic heterocycles. The van der Waals surface area contributed by atoms with E-state index in [0.717, 1.165) is 49.7 Å². The zero-order valence-corrected chi connectivity index (χ0v) is 20.4. The third-order valence-electron chi connectivity index (χ3n) is 6.22. The Morgan fingerprint density at radius 3 is 1.70 bits per heavy atom. The summed E-state index contributed by atoms with van der Waals surface area (Å²) < 4.78 is 5.31. The molecule has 172 valence electrons. The number of fused-ring (bicyclic) bond motifs is 2. The van der Waals surface area contributed by atoms with E-state index in [4.69, 9.17) is 4.74 Å². The Balaban J connectivity index is 1.30. The Morgan fingerprint density at radius 2 is 1.30 bits per heavy atom. The second-order valence-corrected chi connectivity index (χ2v) is 11.1. The van der Waals surface area contributed by atoms with E-state index >= 15 is 0 Å². The molecule has 2 heterocycles. The lowest BCUT2D eigenvalue weighted by molar-refractivity contribution is -0.125. The Hall–Kier alpha value is -2.72. The van der Waals surface area contributed by atoms with Crippen LogP contribution in [0.25, 0.3) is 0 Å². The molecule has 2 amide bonds. The molecule has 2 N–H and O–H groups in total. The van der Waals surface area contributed by atoms with Crippen LogP contribution < -0.4 is 10.6 Å². The van der Waals surface area contributed by atoms with Gasteiger partial charge in [-0.25, -0.2) is 0 Å². The van der Waals surface area contributed by atoms with Gasteiger partial charge in [-0.05, 0) is 61.5 Å². The molecular formula is C24H26N4O3S2. The number of carbonyl (C=O) groups excluding carboxylic acids is 2. The van der Waals surface area contributed by atoms with Gasteiger partial charge in [-0.2, -0.15) is 10.5 Å². The number of hydrogen-bond donors (Lipinski definition) is 2. The molecule has 9 heteroatoms. The Kier molecular flexibility index (Phi) is 7.14. The summed E-state index contributed by atoms with van der Waals surface area (Å²) in [5.74, 6) is 0.354. The first-order valence-electron chi connectivity index (χ1n) is 11.2. The minimum absolute atomic E-state index is 0.291. The van der Waals surface area contributed by atoms with Gasteiger partial charge in [-0.3, -0.25) is 9.59 Å². The fourth-order valence-corrected chi connectivity index (χ4v) is 7.23. The topological polar surface area (TPSA) is 115 Å². The minimum Gasteiger partial charge on any atom is -0.362 e. The molecule has 4 rings (SSSR count). The molecular weight excluding hydrogens is 456 g/mol. The molecule has 0 bridgehead atoms. The van der Waals surface area contributed by atoms with Crippen molar-refractivity contribution >= 4 is 44.5 Å². The lowest BCUT2D eigenvalue weighted by atomic mass is 9.89. The van der Waals surface area contributed by atoms with E-state index in [0.29, 0.717) is 33.0 Å². The van der Waals surface area contributed by atoms with Crippen LogP contribution in [0.2, 0.25) is 0 Å². The number of nitrogens with one attached hydrogen (secondary N) is 2. The molecule has 0 aliphatic heterocycles. The maximum absolute atomic E-state index is 12.3. The first-order chi connectivity index (χ1) is 15.9. The maximum Gasteiger partial charge on any atom is 0.251 e. The number of nitriles is 2. The third-order valence-corrected chi connectivity index (χ3v) is 8.56. The van der Waals surface area contributed by atoms with Crippen LogP contribution in [0.15, 0.2) is 0 Å². The van der Waals surface area contributed by atoms with Crippen molar-refractivity contribution in [3.8, 4) is 12.1 Å². The lowest BCUT2D eigenvalue weighted by Gasteiger charge is -2.17. The molecule has 2 aromatic rings. The molecule has 33 heavy (non-hydrogen) atoms. The Labute approximate surface area is 201 Å². The fraction of sp³-hybridized carbons (Fsp3) is 0.500. The SMILES string of the molecule is C[C@H]1CCc2c(sc(NC(=O)COCC(=O)Nc3sc4c(c3C#N)CC[C@H](C)C4)c2C#N)C1. The zero-order valence-electron chi connectivity index (χ0n) is 18.7. The van der Waals surface area contributed by atoms with Gasteiger partial charge in [-0.15, -0.1) is 22.7 Å². The van der Waals surface area contributed by atoms with Crippen molar-refractivity contribution < 1.29 is 14.3 Å². The molecule has 2 aliphatic carbocycles. The second-order valence-electron chi connectivity index (χ2n) is 8.92. The highest BCUT2D eigenvalue weighted by Gasteiger charge is 2.26. The summed E-state index contributed by atoms with van der Waals surface area (Å²) in [4.78, 5) is 27.0. The molecule has 0 aromatic carbocycles. The number of amides is 2. The van der Waals surface area contributed by atoms with E-state index in [1.807, 2.05) is 0 Å². The van der Waals surface area contributed by atoms with Gasteiger partial charge in [0, 0.05) is 9.75 Å². The van der Waals surface area contributed by atoms with Crippen LogP contribution in [0.1, 0.15) is 58.7 Å².